The molecule has 0 aromatic carbocycles. The maximum atomic E-state index is 13.1. The van der Waals surface area contributed by atoms with Crippen LogP contribution in [0.15, 0.2) is 35.4 Å². The standard InChI is InChI=1S/C22H24N4O3.C2H6/c1-13-8-16(6-7-29-3)23-12-18(13)17-9-15-11-24-20(25-21(27)14-4-5-14)10-19(15)26(2)22(17)28;1-2/h8-12,14H,4-7H2,1-3H3,(H,24,25,27);1-2H3. The Hall–Kier alpha value is -3.06. The van der Waals surface area contributed by atoms with Crippen LogP contribution in [0, 0.1) is 12.8 Å². The summed E-state index contributed by atoms with van der Waals surface area (Å²) in [6, 6.07) is 5.59. The number of carbonyl (C=O) groups is 1. The zero-order chi connectivity index (χ0) is 22.5. The number of aromatic nitrogens is 3. The molecule has 7 heteroatoms. The molecule has 1 N–H and O–H groups in total. The number of hydrogen-bond donors (Lipinski definition) is 1. The van der Waals surface area contributed by atoms with Gasteiger partial charge in [-0.3, -0.25) is 14.6 Å². The van der Waals surface area contributed by atoms with E-state index >= 15 is 0 Å². The van der Waals surface area contributed by atoms with Crippen LogP contribution in [-0.4, -0.2) is 34.2 Å². The minimum Gasteiger partial charge on any atom is -0.384 e. The van der Waals surface area contributed by atoms with Gasteiger partial charge in [-0.25, -0.2) is 4.98 Å². The number of hydrogen-bond acceptors (Lipinski definition) is 5. The van der Waals surface area contributed by atoms with Crippen LogP contribution < -0.4 is 10.9 Å². The number of ether oxygens (including phenoxy) is 1. The summed E-state index contributed by atoms with van der Waals surface area (Å²) in [7, 11) is 3.40. The monoisotopic (exact) mass is 422 g/mol. The highest BCUT2D eigenvalue weighted by Crippen LogP contribution is 2.30. The van der Waals surface area contributed by atoms with Crippen molar-refractivity contribution in [3.05, 3.63) is 52.2 Å². The summed E-state index contributed by atoms with van der Waals surface area (Å²) < 4.78 is 6.70. The Kier molecular flexibility index (Phi) is 7.17. The molecule has 0 radical (unpaired) electrons. The molecular weight excluding hydrogens is 392 g/mol. The zero-order valence-electron chi connectivity index (χ0n) is 18.9. The fourth-order valence-electron chi connectivity index (χ4n) is 3.44. The van der Waals surface area contributed by atoms with Crippen LogP contribution in [0.1, 0.15) is 37.9 Å². The highest BCUT2D eigenvalue weighted by molar-refractivity contribution is 5.95. The summed E-state index contributed by atoms with van der Waals surface area (Å²) >= 11 is 0. The number of nitrogens with one attached hydrogen (secondary N) is 1. The van der Waals surface area contributed by atoms with Crippen LogP contribution in [0.4, 0.5) is 5.82 Å². The van der Waals surface area contributed by atoms with E-state index < -0.39 is 0 Å². The van der Waals surface area contributed by atoms with Crippen LogP contribution in [0.5, 0.6) is 0 Å². The number of anilines is 1. The van der Waals surface area contributed by atoms with Gasteiger partial charge in [0.25, 0.3) is 5.56 Å². The van der Waals surface area contributed by atoms with E-state index in [1.165, 1.54) is 0 Å². The number of aryl methyl sites for hydroxylation is 2. The molecule has 31 heavy (non-hydrogen) atoms. The number of pyridine rings is 3. The summed E-state index contributed by atoms with van der Waals surface area (Å²) in [6.07, 6.45) is 6.03. The largest absolute Gasteiger partial charge is 0.384 e. The minimum absolute atomic E-state index is 0.00580. The quantitative estimate of drug-likeness (QED) is 0.652. The molecule has 0 aliphatic heterocycles. The molecule has 0 atom stereocenters. The van der Waals surface area contributed by atoms with Gasteiger partial charge in [-0.2, -0.15) is 0 Å². The summed E-state index contributed by atoms with van der Waals surface area (Å²) in [5.74, 6) is 0.562. The Morgan fingerprint density at radius 2 is 1.90 bits per heavy atom. The van der Waals surface area contributed by atoms with Crippen molar-refractivity contribution in [1.29, 1.82) is 0 Å². The van der Waals surface area contributed by atoms with Crippen LogP contribution >= 0.6 is 0 Å². The number of nitrogens with zero attached hydrogens (tertiary/aromatic N) is 3. The van der Waals surface area contributed by atoms with Gasteiger partial charge in [0.05, 0.1) is 12.1 Å². The highest BCUT2D eigenvalue weighted by atomic mass is 16.5. The molecule has 0 unspecified atom stereocenters. The van der Waals surface area contributed by atoms with Gasteiger partial charge in [0, 0.05) is 67.2 Å². The van der Waals surface area contributed by atoms with E-state index in [1.807, 2.05) is 32.9 Å². The molecule has 1 aliphatic carbocycles. The Balaban J connectivity index is 0.00000132. The van der Waals surface area contributed by atoms with Gasteiger partial charge in [0.15, 0.2) is 0 Å². The van der Waals surface area contributed by atoms with Crippen LogP contribution in [0.25, 0.3) is 22.0 Å². The van der Waals surface area contributed by atoms with E-state index in [0.29, 0.717) is 18.0 Å². The van der Waals surface area contributed by atoms with Crippen molar-refractivity contribution in [2.75, 3.05) is 19.0 Å². The molecule has 3 heterocycles. The van der Waals surface area contributed by atoms with Crippen molar-refractivity contribution in [2.45, 2.75) is 40.0 Å². The van der Waals surface area contributed by atoms with E-state index in [0.717, 1.165) is 47.0 Å². The Labute approximate surface area is 182 Å². The maximum Gasteiger partial charge on any atom is 0.258 e. The van der Waals surface area contributed by atoms with Gasteiger partial charge in [0.1, 0.15) is 5.82 Å². The van der Waals surface area contributed by atoms with Crippen molar-refractivity contribution < 1.29 is 9.53 Å². The van der Waals surface area contributed by atoms with Gasteiger partial charge in [-0.15, -0.1) is 0 Å². The smallest absolute Gasteiger partial charge is 0.258 e. The first-order valence-electron chi connectivity index (χ1n) is 10.7. The predicted molar refractivity (Wildman–Crippen MR) is 123 cm³/mol. The zero-order valence-corrected chi connectivity index (χ0v) is 18.9. The van der Waals surface area contributed by atoms with Gasteiger partial charge >= 0.3 is 0 Å². The summed E-state index contributed by atoms with van der Waals surface area (Å²) in [5, 5.41) is 3.66. The lowest BCUT2D eigenvalue weighted by Crippen LogP contribution is -2.20. The van der Waals surface area contributed by atoms with Gasteiger partial charge in [0.2, 0.25) is 5.91 Å². The number of methoxy groups -OCH3 is 1. The third-order valence-corrected chi connectivity index (χ3v) is 5.33. The first-order valence-corrected chi connectivity index (χ1v) is 10.7. The van der Waals surface area contributed by atoms with E-state index in [1.54, 1.807) is 37.2 Å². The van der Waals surface area contributed by atoms with E-state index in [2.05, 4.69) is 15.3 Å². The average Bonchev–Trinajstić information content (AvgIpc) is 3.62. The molecular formula is C24H30N4O3. The Morgan fingerprint density at radius 1 is 1.16 bits per heavy atom. The minimum atomic E-state index is -0.113. The van der Waals surface area contributed by atoms with E-state index in [4.69, 9.17) is 4.74 Å². The first kappa shape index (κ1) is 22.6. The van der Waals surface area contributed by atoms with Crippen molar-refractivity contribution in [1.82, 2.24) is 14.5 Å². The van der Waals surface area contributed by atoms with Gasteiger partial charge < -0.3 is 14.6 Å². The van der Waals surface area contributed by atoms with Crippen LogP contribution in [0.3, 0.4) is 0 Å². The summed E-state index contributed by atoms with van der Waals surface area (Å²) in [6.45, 7) is 6.58. The predicted octanol–water partition coefficient (Wildman–Crippen LogP) is 3.87. The molecule has 3 aromatic rings. The van der Waals surface area contributed by atoms with Crippen LogP contribution in [-0.2, 0) is 23.0 Å². The average molecular weight is 423 g/mol. The maximum absolute atomic E-state index is 13.1. The second-order valence-corrected chi connectivity index (χ2v) is 7.55. The summed E-state index contributed by atoms with van der Waals surface area (Å²) in [4.78, 5) is 33.9. The summed E-state index contributed by atoms with van der Waals surface area (Å²) in [5.41, 5.74) is 3.92. The SMILES string of the molecule is CC.COCCc1cc(C)c(-c2cc3cnc(NC(=O)C4CC4)cc3n(C)c2=O)cn1. The lowest BCUT2D eigenvalue weighted by atomic mass is 10.0. The molecule has 0 spiro atoms. The fourth-order valence-corrected chi connectivity index (χ4v) is 3.44. The number of carbonyl (C=O) groups excluding carboxylic acids is 1. The molecule has 4 rings (SSSR count). The molecule has 7 nitrogen and oxygen atoms in total. The normalized spacial score (nSPS) is 12.9. The van der Waals surface area contributed by atoms with Crippen molar-refractivity contribution in [3.63, 3.8) is 0 Å². The molecule has 0 saturated heterocycles. The van der Waals surface area contributed by atoms with Gasteiger partial charge in [-0.05, 0) is 37.5 Å². The lowest BCUT2D eigenvalue weighted by Gasteiger charge is -2.12. The number of fused-ring (bicyclic) bond motifs is 1. The molecule has 1 aliphatic rings. The third-order valence-electron chi connectivity index (χ3n) is 5.33. The molecule has 164 valence electrons. The Morgan fingerprint density at radius 3 is 2.55 bits per heavy atom. The molecule has 1 amide bonds. The highest BCUT2D eigenvalue weighted by Gasteiger charge is 2.29. The topological polar surface area (TPSA) is 86.1 Å². The van der Waals surface area contributed by atoms with Crippen molar-refractivity contribution in [3.8, 4) is 11.1 Å². The Bertz CT molecular complexity index is 1150. The first-order chi connectivity index (χ1) is 15.0. The second kappa shape index (κ2) is 9.83. The third kappa shape index (κ3) is 4.99. The van der Waals surface area contributed by atoms with Crippen molar-refractivity contribution in [2.24, 2.45) is 13.0 Å². The number of rotatable bonds is 6. The van der Waals surface area contributed by atoms with Crippen LogP contribution in [0.2, 0.25) is 0 Å². The molecule has 0 bridgehead atoms. The fraction of sp³-hybridized carbons (Fsp3) is 0.417. The van der Waals surface area contributed by atoms with E-state index in [-0.39, 0.29) is 17.4 Å². The lowest BCUT2D eigenvalue weighted by molar-refractivity contribution is -0.117. The second-order valence-electron chi connectivity index (χ2n) is 7.55. The molecule has 1 saturated carbocycles. The van der Waals surface area contributed by atoms with E-state index in [9.17, 15) is 9.59 Å². The number of amides is 1. The molecule has 3 aromatic heterocycles. The molecule has 1 fully saturated rings. The van der Waals surface area contributed by atoms with Crippen molar-refractivity contribution >= 4 is 22.6 Å². The van der Waals surface area contributed by atoms with Gasteiger partial charge in [-0.1, -0.05) is 13.8 Å².